The summed E-state index contributed by atoms with van der Waals surface area (Å²) in [6, 6.07) is 0. The van der Waals surface area contributed by atoms with Gasteiger partial charge in [-0.2, -0.15) is 5.10 Å². The molecule has 0 aromatic carbocycles. The molecule has 0 spiro atoms. The van der Waals surface area contributed by atoms with Crippen LogP contribution in [0.1, 0.15) is 65.8 Å². The summed E-state index contributed by atoms with van der Waals surface area (Å²) in [6.45, 7) is 11.7. The van der Waals surface area contributed by atoms with E-state index in [1.807, 2.05) is 10.9 Å². The third kappa shape index (κ3) is 4.65. The molecule has 21 heavy (non-hydrogen) atoms. The number of rotatable bonds is 4. The van der Waals surface area contributed by atoms with Crippen molar-refractivity contribution in [1.29, 1.82) is 0 Å². The summed E-state index contributed by atoms with van der Waals surface area (Å²) < 4.78 is 15.0. The summed E-state index contributed by atoms with van der Waals surface area (Å²) in [6.07, 6.45) is 5.48. The van der Waals surface area contributed by atoms with Crippen LogP contribution < -0.4 is 0 Å². The topological polar surface area (TPSA) is 36.3 Å². The average Bonchev–Trinajstić information content (AvgIpc) is 2.80. The first kappa shape index (κ1) is 17.2. The molecule has 2 rings (SSSR count). The Morgan fingerprint density at radius 3 is 2.62 bits per heavy atom. The molecule has 1 unspecified atom stereocenters. The van der Waals surface area contributed by atoms with E-state index in [1.165, 1.54) is 6.42 Å². The minimum atomic E-state index is -0.629. The Morgan fingerprint density at radius 1 is 1.33 bits per heavy atom. The second-order valence-electron chi connectivity index (χ2n) is 7.49. The van der Waals surface area contributed by atoms with Gasteiger partial charge in [0.2, 0.25) is 0 Å². The first-order valence-electron chi connectivity index (χ1n) is 7.70. The second kappa shape index (κ2) is 6.52. The van der Waals surface area contributed by atoms with Gasteiger partial charge in [0.1, 0.15) is 11.9 Å². The van der Waals surface area contributed by atoms with E-state index < -0.39 is 9.76 Å². The average molecular weight is 375 g/mol. The van der Waals surface area contributed by atoms with Crippen molar-refractivity contribution in [1.82, 2.24) is 9.78 Å². The number of aromatic nitrogens is 2. The molecule has 0 N–H and O–H groups in total. The number of hydrogen-bond donors (Lipinski definition) is 0. The quantitative estimate of drug-likeness (QED) is 0.749. The summed E-state index contributed by atoms with van der Waals surface area (Å²) >= 11 is 3.64. The van der Waals surface area contributed by atoms with Crippen molar-refractivity contribution in [3.63, 3.8) is 0 Å². The Balaban J connectivity index is 2.13. The molecule has 1 aromatic heterocycles. The third-order valence-corrected chi connectivity index (χ3v) is 5.89. The molecule has 2 heterocycles. The lowest BCUT2D eigenvalue weighted by Crippen LogP contribution is -2.29. The lowest BCUT2D eigenvalue weighted by Gasteiger charge is -2.29. The Morgan fingerprint density at radius 2 is 2.05 bits per heavy atom. The molecule has 1 aromatic rings. The predicted molar refractivity (Wildman–Crippen MR) is 91.1 cm³/mol. The van der Waals surface area contributed by atoms with Crippen LogP contribution in [0.2, 0.25) is 5.04 Å². The maximum Gasteiger partial charge on any atom is 0.168 e. The molecule has 1 aliphatic rings. The molecule has 6 heteroatoms. The minimum Gasteiger partial charge on any atom is -0.413 e. The normalized spacial score (nSPS) is 21.3. The first-order valence-corrected chi connectivity index (χ1v) is 9.77. The highest BCUT2D eigenvalue weighted by molar-refractivity contribution is 9.10. The van der Waals surface area contributed by atoms with E-state index in [2.05, 4.69) is 50.5 Å². The van der Waals surface area contributed by atoms with Crippen molar-refractivity contribution in [2.75, 3.05) is 6.61 Å². The third-order valence-electron chi connectivity index (χ3n) is 3.57. The Hall–Kier alpha value is -0.173. The van der Waals surface area contributed by atoms with Gasteiger partial charge in [-0.1, -0.05) is 20.8 Å². The van der Waals surface area contributed by atoms with Gasteiger partial charge in [-0.25, -0.2) is 4.68 Å². The molecule has 4 nitrogen and oxygen atoms in total. The van der Waals surface area contributed by atoms with Crippen molar-refractivity contribution < 1.29 is 9.16 Å². The van der Waals surface area contributed by atoms with Gasteiger partial charge in [0, 0.05) is 12.8 Å². The fourth-order valence-electron chi connectivity index (χ4n) is 2.32. The van der Waals surface area contributed by atoms with Gasteiger partial charge in [0.25, 0.3) is 0 Å². The molecule has 1 saturated heterocycles. The fourth-order valence-corrected chi connectivity index (χ4v) is 4.02. The molecule has 0 bridgehead atoms. The van der Waals surface area contributed by atoms with E-state index in [9.17, 15) is 0 Å². The van der Waals surface area contributed by atoms with Crippen LogP contribution in [0, 0.1) is 0 Å². The van der Waals surface area contributed by atoms with E-state index in [-0.39, 0.29) is 16.9 Å². The maximum absolute atomic E-state index is 6.25. The summed E-state index contributed by atoms with van der Waals surface area (Å²) in [5.41, 5.74) is 0.603. The summed E-state index contributed by atoms with van der Waals surface area (Å²) in [5, 5.41) is 5.02. The van der Waals surface area contributed by atoms with Crippen molar-refractivity contribution in [3.8, 4) is 0 Å². The van der Waals surface area contributed by atoms with Crippen molar-refractivity contribution in [2.45, 2.75) is 70.7 Å². The lowest BCUT2D eigenvalue weighted by molar-refractivity contribution is -0.0404. The molecule has 120 valence electrons. The van der Waals surface area contributed by atoms with Crippen LogP contribution in [0.3, 0.4) is 0 Å². The standard InChI is InChI=1S/C15H27BrN2O2Si/c1-14(2,3)21-20-15(4,5)13-11(16)10-18(17-13)12-8-6-7-9-19-12/h10,12H,6-9,21H2,1-5H3. The number of ether oxygens (including phenoxy) is 1. The lowest BCUT2D eigenvalue weighted by atomic mass is 10.1. The summed E-state index contributed by atoms with van der Waals surface area (Å²) in [4.78, 5) is 0. The molecule has 1 atom stereocenters. The summed E-state index contributed by atoms with van der Waals surface area (Å²) in [7, 11) is -0.629. The van der Waals surface area contributed by atoms with E-state index in [1.54, 1.807) is 0 Å². The van der Waals surface area contributed by atoms with Gasteiger partial charge in [-0.05, 0) is 54.1 Å². The highest BCUT2D eigenvalue weighted by atomic mass is 79.9. The van der Waals surface area contributed by atoms with Gasteiger partial charge in [-0.3, -0.25) is 0 Å². The molecule has 1 aliphatic heterocycles. The largest absolute Gasteiger partial charge is 0.413 e. The smallest absolute Gasteiger partial charge is 0.168 e. The van der Waals surface area contributed by atoms with Gasteiger partial charge in [0.05, 0.1) is 10.1 Å². The molecule has 0 saturated carbocycles. The van der Waals surface area contributed by atoms with Crippen molar-refractivity contribution in [3.05, 3.63) is 16.4 Å². The predicted octanol–water partition coefficient (Wildman–Crippen LogP) is 3.90. The van der Waals surface area contributed by atoms with Crippen LogP contribution in [0.5, 0.6) is 0 Å². The number of hydrogen-bond acceptors (Lipinski definition) is 3. The van der Waals surface area contributed by atoms with Crippen LogP contribution in [0.15, 0.2) is 10.7 Å². The van der Waals surface area contributed by atoms with Gasteiger partial charge in [-0.15, -0.1) is 0 Å². The molecule has 0 radical (unpaired) electrons. The Bertz CT molecular complexity index is 477. The molecule has 0 aliphatic carbocycles. The first-order chi connectivity index (χ1) is 9.69. The van der Waals surface area contributed by atoms with E-state index in [0.717, 1.165) is 29.6 Å². The van der Waals surface area contributed by atoms with Crippen molar-refractivity contribution in [2.24, 2.45) is 0 Å². The molecular weight excluding hydrogens is 348 g/mol. The van der Waals surface area contributed by atoms with Crippen LogP contribution in [0.4, 0.5) is 0 Å². The zero-order chi connectivity index (χ0) is 15.7. The molecular formula is C15H27BrN2O2Si. The Labute approximate surface area is 138 Å². The Kier molecular flexibility index (Phi) is 5.34. The molecule has 0 amide bonds. The second-order valence-corrected chi connectivity index (χ2v) is 11.0. The zero-order valence-corrected chi connectivity index (χ0v) is 16.8. The van der Waals surface area contributed by atoms with Gasteiger partial charge >= 0.3 is 0 Å². The monoisotopic (exact) mass is 374 g/mol. The van der Waals surface area contributed by atoms with Crippen LogP contribution in [-0.2, 0) is 14.8 Å². The van der Waals surface area contributed by atoms with E-state index >= 15 is 0 Å². The van der Waals surface area contributed by atoms with Crippen LogP contribution in [-0.4, -0.2) is 26.2 Å². The SMILES string of the molecule is CC(C)(C)[SiH2]OC(C)(C)c1nn(C2CCCCO2)cc1Br. The van der Waals surface area contributed by atoms with E-state index in [4.69, 9.17) is 14.3 Å². The molecule has 1 fully saturated rings. The zero-order valence-electron chi connectivity index (χ0n) is 13.8. The van der Waals surface area contributed by atoms with Gasteiger partial charge in [0.15, 0.2) is 9.76 Å². The maximum atomic E-state index is 6.25. The van der Waals surface area contributed by atoms with Crippen LogP contribution >= 0.6 is 15.9 Å². The van der Waals surface area contributed by atoms with Crippen molar-refractivity contribution >= 4 is 25.7 Å². The fraction of sp³-hybridized carbons (Fsp3) is 0.800. The van der Waals surface area contributed by atoms with E-state index in [0.29, 0.717) is 0 Å². The van der Waals surface area contributed by atoms with Crippen LogP contribution in [0.25, 0.3) is 0 Å². The minimum absolute atomic E-state index is 0.0689. The highest BCUT2D eigenvalue weighted by Gasteiger charge is 2.30. The van der Waals surface area contributed by atoms with Gasteiger partial charge < -0.3 is 9.16 Å². The highest BCUT2D eigenvalue weighted by Crippen LogP contribution is 2.34. The number of halogens is 1. The summed E-state index contributed by atoms with van der Waals surface area (Å²) in [5.74, 6) is 0. The number of nitrogens with zero attached hydrogens (tertiary/aromatic N) is 2.